The monoisotopic (exact) mass is 1030 g/mol. The Morgan fingerprint density at radius 1 is 0.784 bits per heavy atom. The Morgan fingerprint density at radius 3 is 2.00 bits per heavy atom. The van der Waals surface area contributed by atoms with Crippen LogP contribution < -0.4 is 5.32 Å². The third-order valence-corrected chi connectivity index (χ3v) is 14.9. The molecule has 0 aliphatic carbocycles. The number of Topliss-reactive ketones (excluding diaryl/α,β-unsaturated/α-hetero) is 2. The second-order valence-electron chi connectivity index (χ2n) is 20.8. The maximum atomic E-state index is 14.7. The van der Waals surface area contributed by atoms with Gasteiger partial charge in [-0.15, -0.1) is 20.4 Å². The summed E-state index contributed by atoms with van der Waals surface area (Å²) in [5.41, 5.74) is 2.44. The fraction of sp³-hybridized carbons (Fsp3) is 0.625. The maximum absolute atomic E-state index is 14.7. The van der Waals surface area contributed by atoms with Gasteiger partial charge < -0.3 is 34.6 Å². The van der Waals surface area contributed by atoms with Crippen LogP contribution in [0, 0.1) is 42.4 Å². The molecule has 1 aliphatic rings. The van der Waals surface area contributed by atoms with Crippen LogP contribution in [0.15, 0.2) is 54.6 Å². The number of amides is 4. The number of aryl methyl sites for hydroxylation is 1. The number of hydrogen-bond donors (Lipinski definition) is 2. The van der Waals surface area contributed by atoms with Crippen LogP contribution >= 0.6 is 0 Å². The summed E-state index contributed by atoms with van der Waals surface area (Å²) < 4.78 is 12.0. The number of likely N-dealkylation sites (N-methyl/N-ethyl adjacent to an activating group) is 2. The van der Waals surface area contributed by atoms with Crippen molar-refractivity contribution >= 4 is 41.2 Å². The van der Waals surface area contributed by atoms with E-state index in [9.17, 15) is 38.7 Å². The first-order valence-electron chi connectivity index (χ1n) is 26.2. The third-order valence-electron chi connectivity index (χ3n) is 14.9. The zero-order chi connectivity index (χ0) is 54.8. The van der Waals surface area contributed by atoms with Gasteiger partial charge in [0.2, 0.25) is 29.5 Å². The molecule has 0 bridgehead atoms. The third kappa shape index (κ3) is 16.8. The maximum Gasteiger partial charge on any atom is 0.307 e. The number of carboxylic acids is 1. The summed E-state index contributed by atoms with van der Waals surface area (Å²) in [5.74, 6) is -4.58. The predicted molar refractivity (Wildman–Crippen MR) is 280 cm³/mol. The summed E-state index contributed by atoms with van der Waals surface area (Å²) in [5, 5.41) is 28.9. The van der Waals surface area contributed by atoms with Crippen LogP contribution in [0.2, 0.25) is 0 Å². The first kappa shape index (κ1) is 60.5. The SMILES string of the molecule is CC[C@H](C)[C@@H]([C@@H](CC(=O)N1CCC[C@H]1[C@H](OC)[C@@H](C)C(=O)C[C@@H](Cc1ccccc1)C(=O)O)OC)N(C)C(=O)[C@@H](CC(=O)[C@H](C(C)C)N(C)C(=O)CCCC(=O)NCc1ccc(-c2nnc(C)nn2)cc1)C(C)C. The van der Waals surface area contributed by atoms with Gasteiger partial charge in [0, 0.05) is 84.5 Å². The topological polar surface area (TPSA) is 231 Å². The van der Waals surface area contributed by atoms with Crippen LogP contribution in [-0.4, -0.2) is 147 Å². The quantitative estimate of drug-likeness (QED) is 0.0720. The minimum atomic E-state index is -1.05. The van der Waals surface area contributed by atoms with Gasteiger partial charge in [0.05, 0.1) is 42.7 Å². The Bertz CT molecular complexity index is 2310. The lowest BCUT2D eigenvalue weighted by Gasteiger charge is -2.41. The van der Waals surface area contributed by atoms with E-state index in [1.807, 2.05) is 96.1 Å². The van der Waals surface area contributed by atoms with Crippen molar-refractivity contribution in [3.63, 3.8) is 0 Å². The number of likely N-dealkylation sites (tertiary alicyclic amines) is 1. The number of ether oxygens (including phenoxy) is 2. The Hall–Kier alpha value is -6.01. The molecule has 74 heavy (non-hydrogen) atoms. The van der Waals surface area contributed by atoms with Crippen molar-refractivity contribution in [2.24, 2.45) is 35.5 Å². The average molecular weight is 1030 g/mol. The second kappa shape index (κ2) is 29.2. The molecule has 0 unspecified atom stereocenters. The van der Waals surface area contributed by atoms with Crippen LogP contribution in [-0.2, 0) is 56.0 Å². The predicted octanol–water partition coefficient (Wildman–Crippen LogP) is 6.57. The lowest BCUT2D eigenvalue weighted by Crippen LogP contribution is -2.54. The number of carboxylic acid groups (broad SMARTS) is 1. The summed E-state index contributed by atoms with van der Waals surface area (Å²) in [6.45, 7) is 15.7. The van der Waals surface area contributed by atoms with Gasteiger partial charge in [-0.05, 0) is 61.5 Å². The minimum absolute atomic E-state index is 0.0543. The largest absolute Gasteiger partial charge is 0.481 e. The van der Waals surface area contributed by atoms with Gasteiger partial charge in [-0.2, -0.15) is 0 Å². The number of aromatic nitrogens is 4. The van der Waals surface area contributed by atoms with Gasteiger partial charge >= 0.3 is 5.97 Å². The molecule has 3 aromatic rings. The number of nitrogens with zero attached hydrogens (tertiary/aromatic N) is 7. The fourth-order valence-corrected chi connectivity index (χ4v) is 10.3. The average Bonchev–Trinajstić information content (AvgIpc) is 3.87. The number of nitrogens with one attached hydrogen (secondary N) is 1. The molecule has 0 saturated carbocycles. The molecule has 2 heterocycles. The number of carbonyl (C=O) groups excluding carboxylic acids is 6. The Balaban J connectivity index is 1.37. The standard InChI is InChI=1S/C56H82N8O10/c1-13-36(6)52(47(73-11)32-50(69)64-28-18-21-44(64)53(74-12)37(7)45(65)30-42(56(71)72)29-39-19-15-14-16-20-39)63(10)55(70)43(34(2)3)31-46(66)51(35(4)5)62(9)49(68)23-17-22-48(67)57-33-40-24-26-41(27-25-40)54-60-58-38(8)59-61-54/h14-16,19-20,24-27,34-37,42-44,47,51-53H,13,17-18,21-23,28-33H2,1-12H3,(H,57,67)(H,71,72)/t36-,37-,42+,43-,44-,47+,51-,52-,53+/m0/s1. The van der Waals surface area contributed by atoms with Crippen molar-refractivity contribution in [2.75, 3.05) is 34.9 Å². The van der Waals surface area contributed by atoms with Crippen LogP contribution in [0.3, 0.4) is 0 Å². The summed E-state index contributed by atoms with van der Waals surface area (Å²) in [4.78, 5) is 101. The molecule has 18 nitrogen and oxygen atoms in total. The van der Waals surface area contributed by atoms with E-state index in [4.69, 9.17) is 9.47 Å². The molecule has 2 aromatic carbocycles. The van der Waals surface area contributed by atoms with Crippen molar-refractivity contribution in [3.05, 3.63) is 71.5 Å². The highest BCUT2D eigenvalue weighted by Gasteiger charge is 2.44. The Labute approximate surface area is 438 Å². The first-order chi connectivity index (χ1) is 35.1. The van der Waals surface area contributed by atoms with Crippen LogP contribution in [0.5, 0.6) is 0 Å². The number of carbonyl (C=O) groups is 7. The fourth-order valence-electron chi connectivity index (χ4n) is 10.3. The summed E-state index contributed by atoms with van der Waals surface area (Å²) in [7, 11) is 6.33. The van der Waals surface area contributed by atoms with Gasteiger partial charge in [0.15, 0.2) is 11.6 Å². The highest BCUT2D eigenvalue weighted by atomic mass is 16.5. The van der Waals surface area contributed by atoms with Gasteiger partial charge in [0.25, 0.3) is 0 Å². The molecule has 1 aliphatic heterocycles. The van der Waals surface area contributed by atoms with E-state index in [1.165, 1.54) is 19.1 Å². The molecule has 18 heteroatoms. The van der Waals surface area contributed by atoms with E-state index < -0.39 is 54.1 Å². The number of benzene rings is 2. The van der Waals surface area contributed by atoms with Crippen molar-refractivity contribution in [2.45, 2.75) is 156 Å². The molecule has 1 aromatic heterocycles. The molecular formula is C56H82N8O10. The minimum Gasteiger partial charge on any atom is -0.481 e. The first-order valence-corrected chi connectivity index (χ1v) is 26.2. The zero-order valence-corrected chi connectivity index (χ0v) is 45.8. The molecule has 9 atom stereocenters. The van der Waals surface area contributed by atoms with Crippen molar-refractivity contribution < 1.29 is 48.1 Å². The van der Waals surface area contributed by atoms with Crippen molar-refractivity contribution in [1.29, 1.82) is 0 Å². The summed E-state index contributed by atoms with van der Waals surface area (Å²) in [6, 6.07) is 14.8. The molecule has 2 N–H and O–H groups in total. The van der Waals surface area contributed by atoms with Crippen molar-refractivity contribution in [1.82, 2.24) is 40.4 Å². The highest BCUT2D eigenvalue weighted by molar-refractivity contribution is 5.93. The number of rotatable bonds is 30. The number of ketones is 2. The smallest absolute Gasteiger partial charge is 0.307 e. The number of methoxy groups -OCH3 is 2. The van der Waals surface area contributed by atoms with E-state index in [1.54, 1.807) is 37.7 Å². The Morgan fingerprint density at radius 2 is 1.43 bits per heavy atom. The zero-order valence-electron chi connectivity index (χ0n) is 45.8. The van der Waals surface area contributed by atoms with E-state index in [2.05, 4.69) is 25.7 Å². The van der Waals surface area contributed by atoms with Gasteiger partial charge in [0.1, 0.15) is 5.78 Å². The molecule has 1 saturated heterocycles. The van der Waals surface area contributed by atoms with E-state index in [0.717, 1.165) is 16.7 Å². The number of hydrogen-bond acceptors (Lipinski definition) is 13. The lowest BCUT2D eigenvalue weighted by atomic mass is 9.83. The van der Waals surface area contributed by atoms with E-state index in [-0.39, 0.29) is 97.9 Å². The molecule has 0 radical (unpaired) electrons. The summed E-state index contributed by atoms with van der Waals surface area (Å²) >= 11 is 0. The van der Waals surface area contributed by atoms with E-state index >= 15 is 0 Å². The molecule has 4 amide bonds. The molecule has 1 fully saturated rings. The normalized spacial score (nSPS) is 16.9. The second-order valence-corrected chi connectivity index (χ2v) is 20.8. The molecule has 406 valence electrons. The molecular weight excluding hydrogens is 945 g/mol. The van der Waals surface area contributed by atoms with E-state index in [0.29, 0.717) is 44.0 Å². The van der Waals surface area contributed by atoms with Crippen LogP contribution in [0.1, 0.15) is 123 Å². The van der Waals surface area contributed by atoms with Gasteiger partial charge in [-0.3, -0.25) is 33.6 Å². The van der Waals surface area contributed by atoms with Crippen LogP contribution in [0.4, 0.5) is 0 Å². The van der Waals surface area contributed by atoms with Gasteiger partial charge in [-0.25, -0.2) is 0 Å². The summed E-state index contributed by atoms with van der Waals surface area (Å²) in [6.07, 6.45) is 0.899. The van der Waals surface area contributed by atoms with Crippen LogP contribution in [0.25, 0.3) is 11.4 Å². The number of aliphatic carboxylic acids is 1. The van der Waals surface area contributed by atoms with Crippen molar-refractivity contribution in [3.8, 4) is 11.4 Å². The van der Waals surface area contributed by atoms with Gasteiger partial charge in [-0.1, -0.05) is 109 Å². The highest BCUT2D eigenvalue weighted by Crippen LogP contribution is 2.32. The Kier molecular flexibility index (Phi) is 23.9. The molecule has 4 rings (SSSR count). The lowest BCUT2D eigenvalue weighted by molar-refractivity contribution is -0.150. The molecule has 0 spiro atoms.